The van der Waals surface area contributed by atoms with Crippen LogP contribution >= 0.6 is 0 Å². The highest BCUT2D eigenvalue weighted by atomic mass is 19.4. The Morgan fingerprint density at radius 3 is 1.41 bits per heavy atom. The van der Waals surface area contributed by atoms with Crippen molar-refractivity contribution in [2.24, 2.45) is 0 Å². The van der Waals surface area contributed by atoms with Crippen molar-refractivity contribution in [3.8, 4) is 0 Å². The summed E-state index contributed by atoms with van der Waals surface area (Å²) in [6, 6.07) is 0. The van der Waals surface area contributed by atoms with Crippen molar-refractivity contribution in [2.75, 3.05) is 19.6 Å². The zero-order valence-corrected chi connectivity index (χ0v) is 18.7. The number of alkyl halides is 12. The van der Waals surface area contributed by atoms with Gasteiger partial charge >= 0.3 is 41.7 Å². The molecule has 0 saturated heterocycles. The van der Waals surface area contributed by atoms with Crippen LogP contribution in [0.4, 0.5) is 52.7 Å². The summed E-state index contributed by atoms with van der Waals surface area (Å²) >= 11 is 0. The summed E-state index contributed by atoms with van der Waals surface area (Å²) in [5.74, 6) is -37.2. The van der Waals surface area contributed by atoms with Crippen LogP contribution in [-0.4, -0.2) is 66.2 Å². The van der Waals surface area contributed by atoms with Gasteiger partial charge in [-0.2, -0.15) is 52.7 Å². The van der Waals surface area contributed by atoms with Gasteiger partial charge in [-0.15, -0.1) is 0 Å². The molecule has 1 atom stereocenters. The molecule has 3 nitrogen and oxygen atoms in total. The number of rotatable bonds is 15. The first-order valence-electron chi connectivity index (χ1n) is 10.4. The van der Waals surface area contributed by atoms with Crippen molar-refractivity contribution in [3.05, 3.63) is 0 Å². The average molecular weight is 529 g/mol. The quantitative estimate of drug-likeness (QED) is 0.169. The van der Waals surface area contributed by atoms with Crippen LogP contribution in [-0.2, 0) is 9.53 Å². The number of carbonyl (C=O) groups excluding carboxylic acids is 1. The van der Waals surface area contributed by atoms with E-state index in [0.717, 1.165) is 12.8 Å². The van der Waals surface area contributed by atoms with Gasteiger partial charge in [0.2, 0.25) is 0 Å². The van der Waals surface area contributed by atoms with Gasteiger partial charge in [-0.05, 0) is 25.9 Å². The lowest BCUT2D eigenvalue weighted by molar-refractivity contribution is -0.445. The van der Waals surface area contributed by atoms with Crippen molar-refractivity contribution in [1.82, 2.24) is 4.90 Å². The van der Waals surface area contributed by atoms with Gasteiger partial charge in [0.25, 0.3) is 0 Å². The number of ether oxygens (including phenoxy) is 1. The van der Waals surface area contributed by atoms with E-state index in [0.29, 0.717) is 32.9 Å². The Bertz CT molecular complexity index is 646. The number of hydrogen-bond donors (Lipinski definition) is 0. The van der Waals surface area contributed by atoms with Crippen LogP contribution in [0.15, 0.2) is 0 Å². The second-order valence-corrected chi connectivity index (χ2v) is 7.65. The van der Waals surface area contributed by atoms with Crippen LogP contribution in [0.1, 0.15) is 59.3 Å². The van der Waals surface area contributed by atoms with Gasteiger partial charge in [-0.1, -0.05) is 33.6 Å². The van der Waals surface area contributed by atoms with Crippen LogP contribution in [0.2, 0.25) is 0 Å². The van der Waals surface area contributed by atoms with E-state index < -0.39 is 54.5 Å². The number of carbonyl (C=O) groups is 1. The number of esters is 1. The van der Waals surface area contributed by atoms with Gasteiger partial charge in [-0.3, -0.25) is 4.79 Å². The molecule has 1 unspecified atom stereocenters. The minimum atomic E-state index is -7.79. The van der Waals surface area contributed by atoms with E-state index in [1.807, 2.05) is 13.8 Å². The number of hydrogen-bond acceptors (Lipinski definition) is 3. The Morgan fingerprint density at radius 1 is 0.647 bits per heavy atom. The Balaban J connectivity index is 5.81. The standard InChI is InChI=1S/C19H27F12NO2/c1-4-7-10-32(11-8-5-2)12-9-13(33)34-14(20,6-3)15(21,22)16(23,24)17(25,26)18(27,28)19(29,30)31/h4-12H2,1-3H3. The molecule has 0 fully saturated rings. The first-order chi connectivity index (χ1) is 15.2. The summed E-state index contributed by atoms with van der Waals surface area (Å²) in [5.41, 5.74) is 0. The molecule has 0 bridgehead atoms. The third-order valence-electron chi connectivity index (χ3n) is 5.03. The number of unbranched alkanes of at least 4 members (excludes halogenated alkanes) is 2. The lowest BCUT2D eigenvalue weighted by Gasteiger charge is -2.41. The van der Waals surface area contributed by atoms with E-state index in [1.54, 1.807) is 4.90 Å². The second-order valence-electron chi connectivity index (χ2n) is 7.65. The van der Waals surface area contributed by atoms with E-state index in [2.05, 4.69) is 4.74 Å². The molecule has 0 saturated carbocycles. The Labute approximate surface area is 188 Å². The highest BCUT2D eigenvalue weighted by Gasteiger charge is 2.90. The van der Waals surface area contributed by atoms with Crippen LogP contribution in [0, 0.1) is 0 Å². The van der Waals surface area contributed by atoms with Gasteiger partial charge in [0.05, 0.1) is 6.42 Å². The summed E-state index contributed by atoms with van der Waals surface area (Å²) in [5, 5.41) is 0. The topological polar surface area (TPSA) is 29.5 Å². The fourth-order valence-corrected chi connectivity index (χ4v) is 2.74. The molecule has 0 amide bonds. The molecule has 0 aliphatic heterocycles. The van der Waals surface area contributed by atoms with Crippen LogP contribution in [0.3, 0.4) is 0 Å². The molecule has 0 heterocycles. The molecule has 0 radical (unpaired) electrons. The fourth-order valence-electron chi connectivity index (χ4n) is 2.74. The molecule has 0 aromatic rings. The van der Waals surface area contributed by atoms with Crippen LogP contribution in [0.25, 0.3) is 0 Å². The van der Waals surface area contributed by atoms with Gasteiger partial charge in [-0.25, -0.2) is 0 Å². The van der Waals surface area contributed by atoms with Crippen LogP contribution in [0.5, 0.6) is 0 Å². The van der Waals surface area contributed by atoms with Crippen molar-refractivity contribution in [2.45, 2.75) is 95.0 Å². The van der Waals surface area contributed by atoms with Crippen molar-refractivity contribution < 1.29 is 62.2 Å². The predicted molar refractivity (Wildman–Crippen MR) is 96.9 cm³/mol. The summed E-state index contributed by atoms with van der Waals surface area (Å²) in [6.45, 7) is 4.63. The van der Waals surface area contributed by atoms with Crippen molar-refractivity contribution >= 4 is 5.97 Å². The highest BCUT2D eigenvalue weighted by molar-refractivity contribution is 5.70. The zero-order chi connectivity index (χ0) is 27.2. The van der Waals surface area contributed by atoms with E-state index in [4.69, 9.17) is 0 Å². The molecular weight excluding hydrogens is 502 g/mol. The van der Waals surface area contributed by atoms with Gasteiger partial charge in [0, 0.05) is 13.0 Å². The first-order valence-corrected chi connectivity index (χ1v) is 10.4. The van der Waals surface area contributed by atoms with Gasteiger partial charge in [0.1, 0.15) is 0 Å². The number of halogens is 12. The maximum Gasteiger partial charge on any atom is 0.460 e. The Morgan fingerprint density at radius 2 is 1.06 bits per heavy atom. The fraction of sp³-hybridized carbons (Fsp3) is 0.947. The lowest BCUT2D eigenvalue weighted by atomic mass is 9.92. The largest absolute Gasteiger partial charge is 0.460 e. The Kier molecular flexibility index (Phi) is 11.1. The highest BCUT2D eigenvalue weighted by Crippen LogP contribution is 2.60. The van der Waals surface area contributed by atoms with E-state index in [9.17, 15) is 57.5 Å². The average Bonchev–Trinajstić information content (AvgIpc) is 2.71. The minimum Gasteiger partial charge on any atom is -0.422 e. The first kappa shape index (κ1) is 32.6. The van der Waals surface area contributed by atoms with E-state index >= 15 is 0 Å². The molecule has 0 aromatic carbocycles. The third-order valence-corrected chi connectivity index (χ3v) is 5.03. The lowest BCUT2D eigenvalue weighted by Crippen LogP contribution is -2.71. The molecule has 0 aliphatic rings. The molecule has 0 aliphatic carbocycles. The van der Waals surface area contributed by atoms with E-state index in [-0.39, 0.29) is 6.54 Å². The minimum absolute atomic E-state index is 0.219. The maximum absolute atomic E-state index is 14.6. The Hall–Kier alpha value is -1.41. The molecule has 34 heavy (non-hydrogen) atoms. The molecule has 204 valence electrons. The smallest absolute Gasteiger partial charge is 0.422 e. The predicted octanol–water partition coefficient (Wildman–Crippen LogP) is 7.00. The third kappa shape index (κ3) is 6.42. The normalized spacial score (nSPS) is 16.0. The van der Waals surface area contributed by atoms with Crippen molar-refractivity contribution in [1.29, 1.82) is 0 Å². The second kappa shape index (κ2) is 11.5. The van der Waals surface area contributed by atoms with Gasteiger partial charge < -0.3 is 9.64 Å². The molecule has 0 N–H and O–H groups in total. The SMILES string of the molecule is CCCCN(CCCC)CCC(=O)OC(F)(CC)C(F)(F)C(F)(F)C(F)(F)C(F)(F)C(F)(F)F. The molecule has 0 spiro atoms. The number of nitrogens with zero attached hydrogens (tertiary/aromatic N) is 1. The molecular formula is C19H27F12NO2. The van der Waals surface area contributed by atoms with Crippen LogP contribution < -0.4 is 0 Å². The molecule has 0 rings (SSSR count). The van der Waals surface area contributed by atoms with Gasteiger partial charge in [0.15, 0.2) is 0 Å². The summed E-state index contributed by atoms with van der Waals surface area (Å²) in [7, 11) is 0. The summed E-state index contributed by atoms with van der Waals surface area (Å²) in [4.78, 5) is 13.5. The van der Waals surface area contributed by atoms with E-state index in [1.165, 1.54) is 0 Å². The molecule has 0 aromatic heterocycles. The maximum atomic E-state index is 14.6. The zero-order valence-electron chi connectivity index (χ0n) is 18.7. The monoisotopic (exact) mass is 529 g/mol. The summed E-state index contributed by atoms with van der Waals surface area (Å²) in [6.07, 6.45) is -7.44. The summed E-state index contributed by atoms with van der Waals surface area (Å²) < 4.78 is 164. The van der Waals surface area contributed by atoms with Crippen molar-refractivity contribution in [3.63, 3.8) is 0 Å². The molecule has 15 heteroatoms.